The average Bonchev–Trinajstić information content (AvgIpc) is 2.62. The van der Waals surface area contributed by atoms with Gasteiger partial charge >= 0.3 is 0 Å². The number of nitrogens with zero attached hydrogens (tertiary/aromatic N) is 1. The summed E-state index contributed by atoms with van der Waals surface area (Å²) in [6.45, 7) is 10.7. The van der Waals surface area contributed by atoms with E-state index in [4.69, 9.17) is 0 Å². The first kappa shape index (κ1) is 9.01. The average molecular weight is 169 g/mol. The standard InChI is InChI=1S/C9H19NSi/c1-4-8(9(2,3)11)7-10-5-6-10/h4H,5-7H2,1-3,11H3. The third-order valence-corrected chi connectivity index (χ3v) is 2.89. The second-order valence-corrected chi connectivity index (χ2v) is 6.84. The first-order valence-electron chi connectivity index (χ1n) is 4.42. The molecule has 0 aromatic heterocycles. The number of hydrogen-bond donors (Lipinski definition) is 0. The van der Waals surface area contributed by atoms with Crippen LogP contribution in [-0.2, 0) is 0 Å². The van der Waals surface area contributed by atoms with Crippen molar-refractivity contribution in [2.75, 3.05) is 19.6 Å². The molecule has 1 heterocycles. The quantitative estimate of drug-likeness (QED) is 0.343. The van der Waals surface area contributed by atoms with Crippen LogP contribution in [-0.4, -0.2) is 34.8 Å². The van der Waals surface area contributed by atoms with Crippen LogP contribution in [0.2, 0.25) is 5.04 Å². The van der Waals surface area contributed by atoms with E-state index < -0.39 is 0 Å². The third kappa shape index (κ3) is 2.79. The molecule has 2 heteroatoms. The van der Waals surface area contributed by atoms with Crippen LogP contribution < -0.4 is 0 Å². The fourth-order valence-corrected chi connectivity index (χ4v) is 1.68. The highest BCUT2D eigenvalue weighted by Gasteiger charge is 2.23. The van der Waals surface area contributed by atoms with Crippen molar-refractivity contribution in [2.24, 2.45) is 0 Å². The van der Waals surface area contributed by atoms with Gasteiger partial charge in [-0.1, -0.05) is 25.5 Å². The Bertz CT molecular complexity index is 163. The van der Waals surface area contributed by atoms with Crippen LogP contribution in [0, 0.1) is 0 Å². The number of allylic oxidation sites excluding steroid dienone is 1. The lowest BCUT2D eigenvalue weighted by Crippen LogP contribution is -2.14. The van der Waals surface area contributed by atoms with Crippen molar-refractivity contribution in [3.63, 3.8) is 0 Å². The molecule has 11 heavy (non-hydrogen) atoms. The minimum absolute atomic E-state index is 0.497. The zero-order valence-corrected chi connectivity index (χ0v) is 10.1. The molecule has 0 unspecified atom stereocenters. The first-order chi connectivity index (χ1) is 5.04. The van der Waals surface area contributed by atoms with Crippen molar-refractivity contribution >= 4 is 10.2 Å². The maximum atomic E-state index is 2.48. The molecule has 0 amide bonds. The maximum Gasteiger partial charge on any atom is 0.0195 e. The van der Waals surface area contributed by atoms with E-state index in [0.717, 1.165) is 0 Å². The summed E-state index contributed by atoms with van der Waals surface area (Å²) < 4.78 is 0. The van der Waals surface area contributed by atoms with Crippen LogP contribution in [0.5, 0.6) is 0 Å². The van der Waals surface area contributed by atoms with Crippen molar-refractivity contribution < 1.29 is 0 Å². The van der Waals surface area contributed by atoms with Crippen molar-refractivity contribution in [3.8, 4) is 0 Å². The minimum Gasteiger partial charge on any atom is -0.297 e. The molecule has 1 saturated heterocycles. The molecule has 0 radical (unpaired) electrons. The highest BCUT2D eigenvalue weighted by Crippen LogP contribution is 2.31. The van der Waals surface area contributed by atoms with Crippen LogP contribution in [0.4, 0.5) is 0 Å². The van der Waals surface area contributed by atoms with Gasteiger partial charge in [0.2, 0.25) is 0 Å². The summed E-state index contributed by atoms with van der Waals surface area (Å²) in [6.07, 6.45) is 2.30. The summed E-state index contributed by atoms with van der Waals surface area (Å²) in [4.78, 5) is 2.48. The zero-order valence-electron chi connectivity index (χ0n) is 8.15. The van der Waals surface area contributed by atoms with Crippen molar-refractivity contribution in [1.82, 2.24) is 4.90 Å². The Kier molecular flexibility index (Phi) is 2.55. The van der Waals surface area contributed by atoms with E-state index >= 15 is 0 Å². The van der Waals surface area contributed by atoms with Gasteiger partial charge in [0, 0.05) is 29.9 Å². The van der Waals surface area contributed by atoms with E-state index in [1.54, 1.807) is 5.57 Å². The van der Waals surface area contributed by atoms with Gasteiger partial charge in [0.05, 0.1) is 0 Å². The lowest BCUT2D eigenvalue weighted by molar-refractivity contribution is 0.572. The zero-order chi connectivity index (χ0) is 8.48. The molecule has 1 nitrogen and oxygen atoms in total. The summed E-state index contributed by atoms with van der Waals surface area (Å²) in [7, 11) is 1.26. The predicted molar refractivity (Wildman–Crippen MR) is 54.2 cm³/mol. The third-order valence-electron chi connectivity index (χ3n) is 2.25. The van der Waals surface area contributed by atoms with E-state index in [1.807, 2.05) is 0 Å². The lowest BCUT2D eigenvalue weighted by atomic mass is 10.0. The van der Waals surface area contributed by atoms with Gasteiger partial charge in [0.25, 0.3) is 0 Å². The molecule has 0 spiro atoms. The van der Waals surface area contributed by atoms with Crippen molar-refractivity contribution in [1.29, 1.82) is 0 Å². The fourth-order valence-electron chi connectivity index (χ4n) is 1.23. The van der Waals surface area contributed by atoms with Crippen LogP contribution in [0.25, 0.3) is 0 Å². The molecule has 1 aliphatic rings. The molecular formula is C9H19NSi. The second kappa shape index (κ2) is 3.11. The summed E-state index contributed by atoms with van der Waals surface area (Å²) in [5.41, 5.74) is 1.63. The lowest BCUT2D eigenvalue weighted by Gasteiger charge is -2.23. The predicted octanol–water partition coefficient (Wildman–Crippen LogP) is 0.812. The highest BCUT2D eigenvalue weighted by molar-refractivity contribution is 6.16. The summed E-state index contributed by atoms with van der Waals surface area (Å²) in [5, 5.41) is 0.497. The topological polar surface area (TPSA) is 3.01 Å². The molecule has 0 saturated carbocycles. The van der Waals surface area contributed by atoms with E-state index in [1.165, 1.54) is 29.9 Å². The normalized spacial score (nSPS) is 20.8. The highest BCUT2D eigenvalue weighted by atomic mass is 28.1. The fraction of sp³-hybridized carbons (Fsp3) is 0.778. The molecule has 64 valence electrons. The summed E-state index contributed by atoms with van der Waals surface area (Å²) >= 11 is 0. The number of hydrogen-bond acceptors (Lipinski definition) is 1. The molecular weight excluding hydrogens is 150 g/mol. The maximum absolute atomic E-state index is 2.48. The molecule has 0 bridgehead atoms. The Balaban J connectivity index is 2.48. The van der Waals surface area contributed by atoms with E-state index in [-0.39, 0.29) is 0 Å². The van der Waals surface area contributed by atoms with Crippen LogP contribution in [0.3, 0.4) is 0 Å². The van der Waals surface area contributed by atoms with Crippen molar-refractivity contribution in [3.05, 3.63) is 11.6 Å². The SMILES string of the molecule is CC=C(CN1CC1)C(C)(C)[SiH3]. The van der Waals surface area contributed by atoms with E-state index in [9.17, 15) is 0 Å². The van der Waals surface area contributed by atoms with Gasteiger partial charge in [0.1, 0.15) is 0 Å². The van der Waals surface area contributed by atoms with Crippen molar-refractivity contribution in [2.45, 2.75) is 25.8 Å². The molecule has 0 aromatic rings. The van der Waals surface area contributed by atoms with Gasteiger partial charge < -0.3 is 0 Å². The first-order valence-corrected chi connectivity index (χ1v) is 5.42. The Hall–Kier alpha value is -0.0831. The molecule has 1 aliphatic heterocycles. The minimum atomic E-state index is 0.497. The van der Waals surface area contributed by atoms with Gasteiger partial charge in [-0.05, 0) is 12.0 Å². The van der Waals surface area contributed by atoms with E-state index in [2.05, 4.69) is 31.7 Å². The second-order valence-electron chi connectivity index (χ2n) is 4.34. The molecule has 0 aliphatic carbocycles. The van der Waals surface area contributed by atoms with Gasteiger partial charge in [-0.3, -0.25) is 4.90 Å². The van der Waals surface area contributed by atoms with Gasteiger partial charge in [-0.25, -0.2) is 0 Å². The monoisotopic (exact) mass is 169 g/mol. The van der Waals surface area contributed by atoms with Gasteiger partial charge in [-0.2, -0.15) is 0 Å². The Morgan fingerprint density at radius 1 is 1.55 bits per heavy atom. The molecule has 1 rings (SSSR count). The summed E-state index contributed by atoms with van der Waals surface area (Å²) in [6, 6.07) is 0. The van der Waals surface area contributed by atoms with Gasteiger partial charge in [-0.15, -0.1) is 0 Å². The Morgan fingerprint density at radius 2 is 2.09 bits per heavy atom. The van der Waals surface area contributed by atoms with Crippen LogP contribution >= 0.6 is 0 Å². The smallest absolute Gasteiger partial charge is 0.0195 e. The van der Waals surface area contributed by atoms with Crippen LogP contribution in [0.15, 0.2) is 11.6 Å². The summed E-state index contributed by atoms with van der Waals surface area (Å²) in [5.74, 6) is 0. The molecule has 0 atom stereocenters. The molecule has 1 fully saturated rings. The Morgan fingerprint density at radius 3 is 2.36 bits per heavy atom. The van der Waals surface area contributed by atoms with Crippen LogP contribution in [0.1, 0.15) is 20.8 Å². The molecule has 0 aromatic carbocycles. The van der Waals surface area contributed by atoms with E-state index in [0.29, 0.717) is 5.04 Å². The van der Waals surface area contributed by atoms with Gasteiger partial charge in [0.15, 0.2) is 0 Å². The molecule has 0 N–H and O–H groups in total. The number of rotatable bonds is 3. The largest absolute Gasteiger partial charge is 0.297 e. The Labute approximate surface area is 72.9 Å².